The van der Waals surface area contributed by atoms with E-state index in [9.17, 15) is 60.7 Å². The van der Waals surface area contributed by atoms with Crippen LogP contribution < -0.4 is 4.74 Å². The number of aromatic hydroxyl groups is 2. The Hall–Kier alpha value is -3.81. The molecule has 5 saturated heterocycles. The molecule has 0 aromatic heterocycles. The number of aliphatic hydroxyl groups is 8. The predicted molar refractivity (Wildman–Crippen MR) is 268 cm³/mol. The molecule has 0 saturated carbocycles. The number of hydrogen-bond donors (Lipinski definition) is 10. The summed E-state index contributed by atoms with van der Waals surface area (Å²) in [6.45, 7) is 13.3. The Morgan fingerprint density at radius 3 is 1.82 bits per heavy atom. The molecule has 5 fully saturated rings. The molecule has 25 nitrogen and oxygen atoms in total. The average molecular weight is 1130 g/mol. The summed E-state index contributed by atoms with van der Waals surface area (Å²) in [6, 6.07) is 3.02. The third-order valence-electron chi connectivity index (χ3n) is 16.2. The fourth-order valence-corrected chi connectivity index (χ4v) is 11.7. The van der Waals surface area contributed by atoms with Crippen molar-refractivity contribution in [2.75, 3.05) is 7.11 Å². The van der Waals surface area contributed by atoms with Gasteiger partial charge in [-0.1, -0.05) is 0 Å². The number of aliphatic hydroxyl groups excluding tert-OH is 7. The normalized spacial score (nSPS) is 41.2. The van der Waals surface area contributed by atoms with Crippen molar-refractivity contribution in [1.29, 1.82) is 0 Å². The van der Waals surface area contributed by atoms with Crippen LogP contribution in [0.25, 0.3) is 10.8 Å². The van der Waals surface area contributed by atoms with Crippen LogP contribution in [0.2, 0.25) is 0 Å². The van der Waals surface area contributed by atoms with Crippen molar-refractivity contribution in [2.45, 2.75) is 248 Å². The number of benzene rings is 2. The lowest BCUT2D eigenvalue weighted by Gasteiger charge is -2.46. The van der Waals surface area contributed by atoms with Gasteiger partial charge in [0.1, 0.15) is 66.1 Å². The van der Waals surface area contributed by atoms with Gasteiger partial charge >= 0.3 is 5.97 Å². The number of rotatable bonds is 16. The van der Waals surface area contributed by atoms with Gasteiger partial charge in [-0.05, 0) is 84.9 Å². The number of methoxy groups -OCH3 is 1. The summed E-state index contributed by atoms with van der Waals surface area (Å²) in [5.41, 5.74) is -1.50. The van der Waals surface area contributed by atoms with E-state index >= 15 is 4.79 Å². The van der Waals surface area contributed by atoms with Crippen molar-refractivity contribution in [3.63, 3.8) is 0 Å². The number of carbonyl (C=O) groups is 3. The van der Waals surface area contributed by atoms with Gasteiger partial charge in [-0.15, -0.1) is 0 Å². The number of Topliss-reactive ketones (excluding diaryl/α,β-unsaturated/α-hetero) is 2. The highest BCUT2D eigenvalue weighted by Gasteiger charge is 2.52. The molecule has 25 heteroatoms. The Bertz CT molecular complexity index is 2470. The zero-order valence-electron chi connectivity index (χ0n) is 45.8. The van der Waals surface area contributed by atoms with Crippen LogP contribution in [0.4, 0.5) is 0 Å². The summed E-state index contributed by atoms with van der Waals surface area (Å²) in [5.74, 6) is -4.93. The van der Waals surface area contributed by atoms with Crippen LogP contribution >= 0.6 is 0 Å². The second kappa shape index (κ2) is 24.6. The van der Waals surface area contributed by atoms with Crippen LogP contribution in [0.3, 0.4) is 0 Å². The molecular formula is C54H78O25. The summed E-state index contributed by atoms with van der Waals surface area (Å²) >= 11 is 0. The molecule has 79 heavy (non-hydrogen) atoms. The van der Waals surface area contributed by atoms with Gasteiger partial charge in [0, 0.05) is 57.6 Å². The Morgan fingerprint density at radius 2 is 1.25 bits per heavy atom. The fourth-order valence-electron chi connectivity index (χ4n) is 11.7. The smallest absolute Gasteiger partial charge is 0.302 e. The summed E-state index contributed by atoms with van der Waals surface area (Å²) in [4.78, 5) is 41.2. The molecule has 0 unspecified atom stereocenters. The van der Waals surface area contributed by atoms with Crippen molar-refractivity contribution < 1.29 is 122 Å². The maximum Gasteiger partial charge on any atom is 0.302 e. The lowest BCUT2D eigenvalue weighted by molar-refractivity contribution is -0.337. The number of phenols is 2. The van der Waals surface area contributed by atoms with Crippen LogP contribution in [0.1, 0.15) is 109 Å². The molecule has 0 spiro atoms. The highest BCUT2D eigenvalue weighted by atomic mass is 16.7. The van der Waals surface area contributed by atoms with E-state index in [4.69, 9.17) is 56.8 Å². The quantitative estimate of drug-likeness (QED) is 0.101. The Labute approximate surface area is 456 Å². The van der Waals surface area contributed by atoms with Crippen LogP contribution in [-0.2, 0) is 68.1 Å². The minimum atomic E-state index is -1.94. The van der Waals surface area contributed by atoms with Crippen molar-refractivity contribution >= 4 is 28.3 Å². The fraction of sp³-hybridized carbons (Fsp3) is 0.759. The molecule has 0 bridgehead atoms. The standard InChI is InChI=1S/C54H78O25/c1-19-32(75-37-16-33(44(60)21(3)71-37)76-35-14-30(56)43(59)20(2)70-35)13-28-11-27-12-29(51(68-10)49(65)46(62)23(5)69-26(8)55)52(48(64)41(27)47(63)40(28)42(19)58)78-38-17-34(45(61)22(4)72-38)77-36-15-31(57)50(24(6)73-36)79-39-18-54(9,67)53(66)25(7)74-39/h11,13,20-25,29-31,33-39,43-46,50-53,56-63,66-67H,12,14-18H2,1-10H3/t20-,21-,22-,23-,24-,25-,29+,30-,31-,33+,34-,35+,36-,37+,38+,39+,43-,44-,45-,46+,50+,51+,52+,53-,54+/m1/s1. The zero-order chi connectivity index (χ0) is 57.8. The molecule has 0 radical (unpaired) electrons. The Kier molecular flexibility index (Phi) is 19.1. The largest absolute Gasteiger partial charge is 0.507 e. The maximum atomic E-state index is 15.1. The van der Waals surface area contributed by atoms with Crippen LogP contribution in [0, 0.1) is 12.8 Å². The van der Waals surface area contributed by atoms with E-state index < -0.39 is 182 Å². The highest BCUT2D eigenvalue weighted by molar-refractivity contribution is 6.11. The Balaban J connectivity index is 1.04. The first-order chi connectivity index (χ1) is 37.1. The van der Waals surface area contributed by atoms with E-state index in [1.807, 2.05) is 0 Å². The minimum absolute atomic E-state index is 0.0458. The van der Waals surface area contributed by atoms with Gasteiger partial charge in [-0.25, -0.2) is 0 Å². The molecule has 5 aliphatic heterocycles. The van der Waals surface area contributed by atoms with Gasteiger partial charge < -0.3 is 108 Å². The van der Waals surface area contributed by atoms with Crippen molar-refractivity contribution in [2.24, 2.45) is 5.92 Å². The van der Waals surface area contributed by atoms with Gasteiger partial charge in [0.2, 0.25) is 6.29 Å². The van der Waals surface area contributed by atoms with Gasteiger partial charge in [-0.3, -0.25) is 14.4 Å². The van der Waals surface area contributed by atoms with E-state index in [1.54, 1.807) is 27.7 Å². The highest BCUT2D eigenvalue weighted by Crippen LogP contribution is 2.48. The second-order valence-corrected chi connectivity index (χ2v) is 22.3. The molecule has 6 aliphatic rings. The van der Waals surface area contributed by atoms with E-state index in [2.05, 4.69) is 0 Å². The van der Waals surface area contributed by atoms with Crippen molar-refractivity contribution in [3.05, 3.63) is 28.8 Å². The minimum Gasteiger partial charge on any atom is -0.507 e. The van der Waals surface area contributed by atoms with E-state index in [0.717, 1.165) is 6.92 Å². The Morgan fingerprint density at radius 1 is 0.709 bits per heavy atom. The second-order valence-electron chi connectivity index (χ2n) is 22.3. The maximum absolute atomic E-state index is 15.1. The number of esters is 1. The molecule has 0 amide bonds. The molecule has 10 N–H and O–H groups in total. The molecule has 8 rings (SSSR count). The van der Waals surface area contributed by atoms with Crippen molar-refractivity contribution in [3.8, 4) is 17.2 Å². The molecule has 25 atom stereocenters. The summed E-state index contributed by atoms with van der Waals surface area (Å²) < 4.78 is 71.8. The molecule has 2 aromatic carbocycles. The molecular weight excluding hydrogens is 1050 g/mol. The third kappa shape index (κ3) is 12.9. The predicted octanol–water partition coefficient (Wildman–Crippen LogP) is 0.322. The van der Waals surface area contributed by atoms with Crippen LogP contribution in [-0.4, -0.2) is 223 Å². The van der Waals surface area contributed by atoms with Gasteiger partial charge in [0.25, 0.3) is 0 Å². The molecule has 2 aromatic rings. The number of carbonyl (C=O) groups excluding carboxylic acids is 3. The first-order valence-corrected chi connectivity index (χ1v) is 26.9. The average Bonchev–Trinajstić information content (AvgIpc) is 3.37. The SMILES string of the molecule is CO[C@H](C(=O)[C@@H](O)[C@@H](C)OC(C)=O)[C@@H]1Cc2cc3cc(O[C@H]4C[C@H](O[C@H]5C[C@@H](O)[C@H](O)[C@@H](C)O5)[C@H](O)[C@@H](C)O4)c(C)c(O)c3c(O)c2C(=O)[C@H]1O[C@H]1C[C@@H](O[C@@H]2C[C@@H](O)[C@@H](O[C@H]3C[C@](C)(O)[C@H](O)[C@@H](C)O3)[C@@H](C)O2)[C@H](O)[C@@H](C)O1. The van der Waals surface area contributed by atoms with Crippen LogP contribution in [0.5, 0.6) is 17.2 Å². The first kappa shape index (κ1) is 61.3. The lowest BCUT2D eigenvalue weighted by Crippen LogP contribution is -2.58. The van der Waals surface area contributed by atoms with Gasteiger partial charge in [-0.2, -0.15) is 0 Å². The number of phenolic OH excluding ortho intramolecular Hbond substituents is 2. The summed E-state index contributed by atoms with van der Waals surface area (Å²) in [5, 5.41) is 111. The number of ketones is 2. The van der Waals surface area contributed by atoms with Crippen LogP contribution in [0.15, 0.2) is 12.1 Å². The summed E-state index contributed by atoms with van der Waals surface area (Å²) in [7, 11) is 1.18. The monoisotopic (exact) mass is 1130 g/mol. The molecule has 1 aliphatic carbocycles. The van der Waals surface area contributed by atoms with Gasteiger partial charge in [0.05, 0.1) is 71.5 Å². The summed E-state index contributed by atoms with van der Waals surface area (Å²) in [6.07, 6.45) is -27.1. The van der Waals surface area contributed by atoms with Gasteiger partial charge in [0.15, 0.2) is 42.8 Å². The number of fused-ring (bicyclic) bond motifs is 2. The van der Waals surface area contributed by atoms with E-state index in [1.165, 1.54) is 46.9 Å². The molecule has 444 valence electrons. The number of hydrogen-bond acceptors (Lipinski definition) is 25. The third-order valence-corrected chi connectivity index (χ3v) is 16.2. The lowest BCUT2D eigenvalue weighted by atomic mass is 9.75. The van der Waals surface area contributed by atoms with Crippen molar-refractivity contribution in [1.82, 2.24) is 0 Å². The topological polar surface area (TPSA) is 364 Å². The first-order valence-electron chi connectivity index (χ1n) is 26.9. The molecule has 5 heterocycles. The number of ether oxygens (including phenoxy) is 12. The zero-order valence-corrected chi connectivity index (χ0v) is 45.8. The van der Waals surface area contributed by atoms with E-state index in [0.29, 0.717) is 0 Å². The van der Waals surface area contributed by atoms with E-state index in [-0.39, 0.29) is 71.7 Å².